The highest BCUT2D eigenvalue weighted by molar-refractivity contribution is 14.0. The minimum absolute atomic E-state index is 0. The molecule has 0 unspecified atom stereocenters. The van der Waals surface area contributed by atoms with Gasteiger partial charge >= 0.3 is 0 Å². The number of nitrogens with two attached hydrogens (primary N) is 2. The van der Waals surface area contributed by atoms with Gasteiger partial charge < -0.3 is 11.1 Å². The predicted octanol–water partition coefficient (Wildman–Crippen LogP) is 2.50. The van der Waals surface area contributed by atoms with Gasteiger partial charge in [-0.3, -0.25) is 0 Å². The quantitative estimate of drug-likeness (QED) is 0.370. The zero-order valence-corrected chi connectivity index (χ0v) is 16.6. The molecule has 24 heavy (non-hydrogen) atoms. The number of benzene rings is 2. The van der Waals surface area contributed by atoms with E-state index in [2.05, 4.69) is 10.3 Å². The molecule has 0 saturated heterocycles. The Labute approximate surface area is 159 Å². The van der Waals surface area contributed by atoms with Crippen LogP contribution in [-0.4, -0.2) is 14.4 Å². The Morgan fingerprint density at radius 1 is 1.08 bits per heavy atom. The summed E-state index contributed by atoms with van der Waals surface area (Å²) in [7, 11) is -3.67. The number of sulfonamides is 1. The Bertz CT molecular complexity index is 834. The van der Waals surface area contributed by atoms with Crippen molar-refractivity contribution in [2.45, 2.75) is 25.3 Å². The van der Waals surface area contributed by atoms with Gasteiger partial charge in [-0.2, -0.15) is 0 Å². The summed E-state index contributed by atoms with van der Waals surface area (Å²) in [5.74, 6) is 0.295. The topological polar surface area (TPSA) is 111 Å². The maximum absolute atomic E-state index is 11.2. The van der Waals surface area contributed by atoms with Crippen LogP contribution in [0.4, 0.5) is 5.69 Å². The summed E-state index contributed by atoms with van der Waals surface area (Å²) < 4.78 is 22.4. The summed E-state index contributed by atoms with van der Waals surface area (Å²) in [4.78, 5) is 4.31. The zero-order valence-electron chi connectivity index (χ0n) is 13.5. The average molecular weight is 460 g/mol. The minimum atomic E-state index is -3.67. The van der Waals surface area contributed by atoms with Gasteiger partial charge in [-0.1, -0.05) is 18.2 Å². The van der Waals surface area contributed by atoms with Crippen molar-refractivity contribution in [3.8, 4) is 0 Å². The molecule has 2 rings (SSSR count). The summed E-state index contributed by atoms with van der Waals surface area (Å²) in [5, 5.41) is 8.08. The molecule has 0 atom stereocenters. The molecule has 0 aliphatic carbocycles. The van der Waals surface area contributed by atoms with Crippen molar-refractivity contribution in [1.29, 1.82) is 0 Å². The molecule has 0 spiro atoms. The van der Waals surface area contributed by atoms with E-state index in [1.807, 2.05) is 32.0 Å². The van der Waals surface area contributed by atoms with Gasteiger partial charge in [-0.25, -0.2) is 18.5 Å². The number of hydrogen-bond donors (Lipinski definition) is 3. The maximum atomic E-state index is 11.2. The molecule has 0 fully saturated rings. The standard InChI is InChI=1S/C16H20N4O2S.HI/c1-11-3-6-14(9-12(11)2)20-16(17)19-10-13-4-7-15(8-5-13)23(18,21)22;/h3-9H,10H2,1-2H3,(H3,17,19,20)(H2,18,21,22);1H. The van der Waals surface area contributed by atoms with Crippen molar-refractivity contribution < 1.29 is 8.42 Å². The van der Waals surface area contributed by atoms with Gasteiger partial charge in [-0.05, 0) is 54.8 Å². The van der Waals surface area contributed by atoms with E-state index in [1.165, 1.54) is 23.3 Å². The number of aliphatic imine (C=N–C) groups is 1. The van der Waals surface area contributed by atoms with Crippen LogP contribution in [0.2, 0.25) is 0 Å². The van der Waals surface area contributed by atoms with Crippen molar-refractivity contribution in [2.75, 3.05) is 5.32 Å². The third-order valence-electron chi connectivity index (χ3n) is 3.46. The SMILES string of the molecule is Cc1ccc(NC(N)=NCc2ccc(S(N)(=O)=O)cc2)cc1C.I. The number of rotatable bonds is 4. The number of guanidine groups is 1. The highest BCUT2D eigenvalue weighted by Gasteiger charge is 2.06. The summed E-state index contributed by atoms with van der Waals surface area (Å²) >= 11 is 0. The Kier molecular flexibility index (Phi) is 7.18. The van der Waals surface area contributed by atoms with Gasteiger partial charge in [0.1, 0.15) is 0 Å². The van der Waals surface area contributed by atoms with Crippen LogP contribution in [0.1, 0.15) is 16.7 Å². The molecule has 130 valence electrons. The van der Waals surface area contributed by atoms with Crippen LogP contribution in [-0.2, 0) is 16.6 Å². The molecule has 0 aliphatic heterocycles. The number of primary sulfonamides is 1. The second-order valence-corrected chi connectivity index (χ2v) is 6.88. The van der Waals surface area contributed by atoms with Crippen LogP contribution in [0.3, 0.4) is 0 Å². The molecule has 6 nitrogen and oxygen atoms in total. The zero-order chi connectivity index (χ0) is 17.0. The van der Waals surface area contributed by atoms with Crippen molar-refractivity contribution in [3.05, 3.63) is 59.2 Å². The Balaban J connectivity index is 0.00000288. The van der Waals surface area contributed by atoms with Gasteiger partial charge in [0, 0.05) is 5.69 Å². The first-order valence-corrected chi connectivity index (χ1v) is 8.56. The van der Waals surface area contributed by atoms with E-state index in [9.17, 15) is 8.42 Å². The number of nitrogens with one attached hydrogen (secondary N) is 1. The summed E-state index contributed by atoms with van der Waals surface area (Å²) in [5.41, 5.74) is 9.95. The lowest BCUT2D eigenvalue weighted by Gasteiger charge is -2.08. The van der Waals surface area contributed by atoms with Crippen LogP contribution < -0.4 is 16.2 Å². The van der Waals surface area contributed by atoms with Gasteiger partial charge in [-0.15, -0.1) is 24.0 Å². The highest BCUT2D eigenvalue weighted by atomic mass is 127. The lowest BCUT2D eigenvalue weighted by atomic mass is 10.1. The van der Waals surface area contributed by atoms with Crippen LogP contribution >= 0.6 is 24.0 Å². The molecule has 5 N–H and O–H groups in total. The van der Waals surface area contributed by atoms with Gasteiger partial charge in [0.2, 0.25) is 10.0 Å². The number of anilines is 1. The summed E-state index contributed by atoms with van der Waals surface area (Å²) in [6.07, 6.45) is 0. The highest BCUT2D eigenvalue weighted by Crippen LogP contribution is 2.14. The molecular formula is C16H21IN4O2S. The Morgan fingerprint density at radius 2 is 1.71 bits per heavy atom. The van der Waals surface area contributed by atoms with Gasteiger partial charge in [0.25, 0.3) is 0 Å². The molecule has 0 bridgehead atoms. The van der Waals surface area contributed by atoms with E-state index < -0.39 is 10.0 Å². The van der Waals surface area contributed by atoms with Crippen molar-refractivity contribution in [3.63, 3.8) is 0 Å². The summed E-state index contributed by atoms with van der Waals surface area (Å²) in [6.45, 7) is 4.41. The molecule has 0 aliphatic rings. The molecule has 0 radical (unpaired) electrons. The monoisotopic (exact) mass is 460 g/mol. The fraction of sp³-hybridized carbons (Fsp3) is 0.188. The largest absolute Gasteiger partial charge is 0.370 e. The van der Waals surface area contributed by atoms with E-state index in [-0.39, 0.29) is 28.9 Å². The Hall–Kier alpha value is -1.65. The fourth-order valence-electron chi connectivity index (χ4n) is 1.97. The molecular weight excluding hydrogens is 439 g/mol. The van der Waals surface area contributed by atoms with Crippen LogP contribution in [0.25, 0.3) is 0 Å². The molecule has 0 heterocycles. The van der Waals surface area contributed by atoms with E-state index in [4.69, 9.17) is 10.9 Å². The van der Waals surface area contributed by atoms with E-state index in [0.29, 0.717) is 12.5 Å². The average Bonchev–Trinajstić information content (AvgIpc) is 2.48. The van der Waals surface area contributed by atoms with Gasteiger partial charge in [0.15, 0.2) is 5.96 Å². The first-order valence-electron chi connectivity index (χ1n) is 7.01. The maximum Gasteiger partial charge on any atom is 0.238 e. The van der Waals surface area contributed by atoms with Crippen LogP contribution in [0.5, 0.6) is 0 Å². The Morgan fingerprint density at radius 3 is 2.25 bits per heavy atom. The number of halogens is 1. The second kappa shape index (κ2) is 8.45. The molecule has 2 aromatic carbocycles. The fourth-order valence-corrected chi connectivity index (χ4v) is 2.48. The van der Waals surface area contributed by atoms with Gasteiger partial charge in [0.05, 0.1) is 11.4 Å². The molecule has 2 aromatic rings. The molecule has 0 saturated carbocycles. The molecule has 8 heteroatoms. The summed E-state index contributed by atoms with van der Waals surface area (Å²) in [6, 6.07) is 12.2. The van der Waals surface area contributed by atoms with Crippen LogP contribution in [0.15, 0.2) is 52.4 Å². The first-order chi connectivity index (χ1) is 10.8. The van der Waals surface area contributed by atoms with Crippen molar-refractivity contribution in [1.82, 2.24) is 0 Å². The van der Waals surface area contributed by atoms with Crippen LogP contribution in [0, 0.1) is 13.8 Å². The smallest absolute Gasteiger partial charge is 0.238 e. The number of nitrogens with zero attached hydrogens (tertiary/aromatic N) is 1. The predicted molar refractivity (Wildman–Crippen MR) is 108 cm³/mol. The van der Waals surface area contributed by atoms with E-state index in [1.54, 1.807) is 12.1 Å². The third-order valence-corrected chi connectivity index (χ3v) is 4.39. The van der Waals surface area contributed by atoms with Crippen molar-refractivity contribution >= 4 is 45.6 Å². The third kappa shape index (κ3) is 5.77. The van der Waals surface area contributed by atoms with E-state index >= 15 is 0 Å². The lowest BCUT2D eigenvalue weighted by molar-refractivity contribution is 0.598. The molecule has 0 aromatic heterocycles. The number of hydrogen-bond acceptors (Lipinski definition) is 3. The lowest BCUT2D eigenvalue weighted by Crippen LogP contribution is -2.22. The van der Waals surface area contributed by atoms with E-state index in [0.717, 1.165) is 11.3 Å². The first kappa shape index (κ1) is 20.4. The normalized spacial score (nSPS) is 11.7. The minimum Gasteiger partial charge on any atom is -0.370 e. The second-order valence-electron chi connectivity index (χ2n) is 5.31. The van der Waals surface area contributed by atoms with Crippen molar-refractivity contribution in [2.24, 2.45) is 15.9 Å². The number of aryl methyl sites for hydroxylation is 2. The molecule has 0 amide bonds.